The minimum atomic E-state index is 0.613. The van der Waals surface area contributed by atoms with Crippen LogP contribution in [-0.2, 0) is 4.74 Å². The average molecular weight is 291 g/mol. The third-order valence-corrected chi connectivity index (χ3v) is 3.34. The highest BCUT2D eigenvalue weighted by Gasteiger charge is 2.13. The summed E-state index contributed by atoms with van der Waals surface area (Å²) in [6.07, 6.45) is 7.22. The van der Waals surface area contributed by atoms with Crippen LogP contribution in [0.3, 0.4) is 0 Å². The highest BCUT2D eigenvalue weighted by molar-refractivity contribution is 5.93. The van der Waals surface area contributed by atoms with Crippen LogP contribution in [0.2, 0.25) is 0 Å². The van der Waals surface area contributed by atoms with Crippen molar-refractivity contribution in [2.24, 2.45) is 4.99 Å². The Hall–Kier alpha value is -3.02. The molecular weight excluding hydrogens is 278 g/mol. The smallest absolute Gasteiger partial charge is 0.235 e. The number of aliphatic imine (C=N–C) groups is 1. The molecule has 6 heteroatoms. The molecule has 1 aliphatic rings. The van der Waals surface area contributed by atoms with Gasteiger partial charge < -0.3 is 4.74 Å². The standard InChI is InChI=1S/C16H13N5O/c1-4-14(20-15(5-1)16-18-7-8-22-16)12-9-19-21(11-12)13-3-2-6-17-10-13/h1-6,9-11H,7-8H2. The zero-order valence-electron chi connectivity index (χ0n) is 11.8. The van der Waals surface area contributed by atoms with E-state index in [4.69, 9.17) is 4.74 Å². The summed E-state index contributed by atoms with van der Waals surface area (Å²) in [7, 11) is 0. The lowest BCUT2D eigenvalue weighted by atomic mass is 10.2. The van der Waals surface area contributed by atoms with E-state index in [1.807, 2.05) is 36.5 Å². The number of aromatic nitrogens is 4. The maximum atomic E-state index is 5.46. The molecule has 0 unspecified atom stereocenters. The van der Waals surface area contributed by atoms with Gasteiger partial charge in [0.1, 0.15) is 12.3 Å². The van der Waals surface area contributed by atoms with Crippen molar-refractivity contribution in [3.63, 3.8) is 0 Å². The lowest BCUT2D eigenvalue weighted by molar-refractivity contribution is 0.347. The lowest BCUT2D eigenvalue weighted by Crippen LogP contribution is -2.04. The van der Waals surface area contributed by atoms with Crippen LogP contribution in [0, 0.1) is 0 Å². The van der Waals surface area contributed by atoms with E-state index < -0.39 is 0 Å². The number of pyridine rings is 2. The molecule has 0 aromatic carbocycles. The van der Waals surface area contributed by atoms with Gasteiger partial charge in [0.15, 0.2) is 0 Å². The molecule has 6 nitrogen and oxygen atoms in total. The van der Waals surface area contributed by atoms with E-state index >= 15 is 0 Å². The summed E-state index contributed by atoms with van der Waals surface area (Å²) in [6, 6.07) is 9.63. The first-order valence-electron chi connectivity index (χ1n) is 7.00. The monoisotopic (exact) mass is 291 g/mol. The van der Waals surface area contributed by atoms with E-state index in [2.05, 4.69) is 20.1 Å². The molecule has 4 rings (SSSR count). The summed E-state index contributed by atoms with van der Waals surface area (Å²) in [4.78, 5) is 13.0. The molecule has 108 valence electrons. The predicted octanol–water partition coefficient (Wildman–Crippen LogP) is 2.11. The van der Waals surface area contributed by atoms with Gasteiger partial charge in [-0.15, -0.1) is 0 Å². The summed E-state index contributed by atoms with van der Waals surface area (Å²) >= 11 is 0. The minimum absolute atomic E-state index is 0.613. The Morgan fingerprint density at radius 1 is 1.05 bits per heavy atom. The van der Waals surface area contributed by atoms with Gasteiger partial charge in [-0.3, -0.25) is 4.98 Å². The van der Waals surface area contributed by atoms with Gasteiger partial charge in [0.05, 0.1) is 30.3 Å². The van der Waals surface area contributed by atoms with Crippen molar-refractivity contribution in [2.75, 3.05) is 13.2 Å². The molecule has 3 aromatic heterocycles. The summed E-state index contributed by atoms with van der Waals surface area (Å²) in [5, 5.41) is 4.37. The highest BCUT2D eigenvalue weighted by atomic mass is 16.5. The SMILES string of the molecule is c1cncc(-n2cc(-c3cccc(C4=NCCO4)n3)cn2)c1. The highest BCUT2D eigenvalue weighted by Crippen LogP contribution is 2.19. The van der Waals surface area contributed by atoms with Crippen LogP contribution >= 0.6 is 0 Å². The van der Waals surface area contributed by atoms with E-state index in [-0.39, 0.29) is 0 Å². The van der Waals surface area contributed by atoms with Crippen molar-refractivity contribution in [1.29, 1.82) is 0 Å². The second-order valence-electron chi connectivity index (χ2n) is 4.83. The van der Waals surface area contributed by atoms with Crippen molar-refractivity contribution >= 4 is 5.90 Å². The van der Waals surface area contributed by atoms with E-state index in [1.165, 1.54) is 0 Å². The van der Waals surface area contributed by atoms with E-state index in [9.17, 15) is 0 Å². The molecule has 0 N–H and O–H groups in total. The fraction of sp³-hybridized carbons (Fsp3) is 0.125. The molecule has 22 heavy (non-hydrogen) atoms. The number of rotatable bonds is 3. The number of hydrogen-bond acceptors (Lipinski definition) is 5. The Balaban J connectivity index is 1.68. The van der Waals surface area contributed by atoms with E-state index in [0.29, 0.717) is 19.0 Å². The molecule has 3 aromatic rings. The maximum absolute atomic E-state index is 5.46. The zero-order valence-corrected chi connectivity index (χ0v) is 11.8. The molecule has 0 saturated carbocycles. The number of hydrogen-bond donors (Lipinski definition) is 0. The van der Waals surface area contributed by atoms with Crippen molar-refractivity contribution < 1.29 is 4.74 Å². The van der Waals surface area contributed by atoms with Crippen LogP contribution in [0.4, 0.5) is 0 Å². The summed E-state index contributed by atoms with van der Waals surface area (Å²) in [6.45, 7) is 1.32. The molecule has 0 spiro atoms. The van der Waals surface area contributed by atoms with Gasteiger partial charge in [0.2, 0.25) is 5.90 Å². The van der Waals surface area contributed by atoms with Gasteiger partial charge in [0.25, 0.3) is 0 Å². The third-order valence-electron chi connectivity index (χ3n) is 3.34. The van der Waals surface area contributed by atoms with Gasteiger partial charge in [0, 0.05) is 18.0 Å². The number of ether oxygens (including phenoxy) is 1. The van der Waals surface area contributed by atoms with Crippen molar-refractivity contribution in [3.8, 4) is 16.9 Å². The van der Waals surface area contributed by atoms with Crippen LogP contribution in [0.25, 0.3) is 16.9 Å². The second-order valence-corrected chi connectivity index (χ2v) is 4.83. The van der Waals surface area contributed by atoms with E-state index in [1.54, 1.807) is 23.3 Å². The lowest BCUT2D eigenvalue weighted by Gasteiger charge is -2.03. The van der Waals surface area contributed by atoms with Crippen LogP contribution in [0.15, 0.2) is 60.1 Å². The average Bonchev–Trinajstić information content (AvgIpc) is 3.28. The van der Waals surface area contributed by atoms with Crippen LogP contribution in [-0.4, -0.2) is 38.8 Å². The number of nitrogens with zero attached hydrogens (tertiary/aromatic N) is 5. The topological polar surface area (TPSA) is 65.2 Å². The fourth-order valence-corrected chi connectivity index (χ4v) is 2.29. The molecular formula is C16H13N5O. The predicted molar refractivity (Wildman–Crippen MR) is 81.9 cm³/mol. The summed E-state index contributed by atoms with van der Waals surface area (Å²) in [5.74, 6) is 0.613. The minimum Gasteiger partial charge on any atom is -0.474 e. The molecule has 0 radical (unpaired) electrons. The zero-order chi connectivity index (χ0) is 14.8. The Morgan fingerprint density at radius 2 is 2.00 bits per heavy atom. The molecule has 0 fully saturated rings. The molecule has 0 amide bonds. The van der Waals surface area contributed by atoms with Gasteiger partial charge in [-0.25, -0.2) is 14.7 Å². The fourth-order valence-electron chi connectivity index (χ4n) is 2.29. The van der Waals surface area contributed by atoms with Crippen molar-refractivity contribution in [1.82, 2.24) is 19.7 Å². The second kappa shape index (κ2) is 5.40. The summed E-state index contributed by atoms with van der Waals surface area (Å²) < 4.78 is 7.24. The van der Waals surface area contributed by atoms with E-state index in [0.717, 1.165) is 22.6 Å². The third kappa shape index (κ3) is 2.35. The first kappa shape index (κ1) is 12.7. The largest absolute Gasteiger partial charge is 0.474 e. The van der Waals surface area contributed by atoms with Gasteiger partial charge in [-0.05, 0) is 24.3 Å². The van der Waals surface area contributed by atoms with Crippen molar-refractivity contribution in [2.45, 2.75) is 0 Å². The van der Waals surface area contributed by atoms with Crippen LogP contribution < -0.4 is 0 Å². The molecule has 1 aliphatic heterocycles. The van der Waals surface area contributed by atoms with Crippen LogP contribution in [0.1, 0.15) is 5.69 Å². The first-order chi connectivity index (χ1) is 10.9. The van der Waals surface area contributed by atoms with Crippen LogP contribution in [0.5, 0.6) is 0 Å². The molecule has 0 bridgehead atoms. The molecule has 0 aliphatic carbocycles. The summed E-state index contributed by atoms with van der Waals surface area (Å²) in [5.41, 5.74) is 3.44. The Morgan fingerprint density at radius 3 is 2.82 bits per heavy atom. The molecule has 0 atom stereocenters. The van der Waals surface area contributed by atoms with Gasteiger partial charge >= 0.3 is 0 Å². The molecule has 4 heterocycles. The Bertz CT molecular complexity index is 825. The van der Waals surface area contributed by atoms with Gasteiger partial charge in [-0.2, -0.15) is 5.10 Å². The Kier molecular flexibility index (Phi) is 3.12. The quantitative estimate of drug-likeness (QED) is 0.741. The van der Waals surface area contributed by atoms with Crippen molar-refractivity contribution in [3.05, 3.63) is 60.8 Å². The Labute approximate surface area is 127 Å². The molecule has 0 saturated heterocycles. The normalized spacial score (nSPS) is 13.7. The first-order valence-corrected chi connectivity index (χ1v) is 7.00. The van der Waals surface area contributed by atoms with Gasteiger partial charge in [-0.1, -0.05) is 6.07 Å². The maximum Gasteiger partial charge on any atom is 0.235 e.